The van der Waals surface area contributed by atoms with E-state index in [1.807, 2.05) is 0 Å². The van der Waals surface area contributed by atoms with Crippen LogP contribution in [0.15, 0.2) is 23.1 Å². The van der Waals surface area contributed by atoms with Crippen molar-refractivity contribution in [1.29, 1.82) is 0 Å². The van der Waals surface area contributed by atoms with Gasteiger partial charge in [-0.15, -0.1) is 0 Å². The molecule has 1 aliphatic rings. The van der Waals surface area contributed by atoms with Crippen molar-refractivity contribution in [2.45, 2.75) is 29.9 Å². The third-order valence-corrected chi connectivity index (χ3v) is 4.67. The minimum absolute atomic E-state index is 0.126. The molecule has 1 saturated carbocycles. The van der Waals surface area contributed by atoms with Gasteiger partial charge in [0.1, 0.15) is 16.5 Å². The Morgan fingerprint density at radius 2 is 2.05 bits per heavy atom. The lowest BCUT2D eigenvalue weighted by Crippen LogP contribution is -2.33. The van der Waals surface area contributed by atoms with Crippen molar-refractivity contribution >= 4 is 9.84 Å². The van der Waals surface area contributed by atoms with Gasteiger partial charge in [0.05, 0.1) is 11.9 Å². The van der Waals surface area contributed by atoms with Crippen LogP contribution in [0.5, 0.6) is 0 Å². The van der Waals surface area contributed by atoms with Gasteiger partial charge in [0.15, 0.2) is 9.84 Å². The monoisotopic (exact) mass is 291 g/mol. The van der Waals surface area contributed by atoms with Crippen molar-refractivity contribution in [3.8, 4) is 0 Å². The highest BCUT2D eigenvalue weighted by Gasteiger charge is 2.26. The van der Waals surface area contributed by atoms with Gasteiger partial charge in [0, 0.05) is 12.6 Å². The van der Waals surface area contributed by atoms with Gasteiger partial charge in [-0.1, -0.05) is 0 Å². The average molecular weight is 291 g/mol. The van der Waals surface area contributed by atoms with Crippen molar-refractivity contribution < 1.29 is 22.3 Å². The van der Waals surface area contributed by atoms with Crippen molar-refractivity contribution in [1.82, 2.24) is 5.32 Å². The molecule has 1 aromatic rings. The molecule has 106 valence electrons. The second-order valence-electron chi connectivity index (χ2n) is 4.69. The van der Waals surface area contributed by atoms with Crippen LogP contribution < -0.4 is 5.32 Å². The Bertz CT molecular complexity index is 558. The van der Waals surface area contributed by atoms with Crippen LogP contribution in [0, 0.1) is 11.6 Å². The van der Waals surface area contributed by atoms with Crippen LogP contribution in [0.1, 0.15) is 12.8 Å². The molecule has 1 atom stereocenters. The van der Waals surface area contributed by atoms with Crippen LogP contribution >= 0.6 is 0 Å². The Kier molecular flexibility index (Phi) is 4.17. The van der Waals surface area contributed by atoms with E-state index in [2.05, 4.69) is 5.32 Å². The lowest BCUT2D eigenvalue weighted by atomic mass is 10.3. The predicted octanol–water partition coefficient (Wildman–Crippen LogP) is 0.851. The lowest BCUT2D eigenvalue weighted by Gasteiger charge is -2.12. The van der Waals surface area contributed by atoms with Gasteiger partial charge in [-0.3, -0.25) is 0 Å². The molecule has 2 rings (SSSR count). The van der Waals surface area contributed by atoms with Crippen molar-refractivity contribution in [3.63, 3.8) is 0 Å². The molecule has 0 amide bonds. The fourth-order valence-corrected chi connectivity index (χ4v) is 3.17. The average Bonchev–Trinajstić information content (AvgIpc) is 3.13. The standard InChI is InChI=1S/C12H15F2NO3S/c13-8-1-4-11(14)12(5-8)19(17,18)7-10(16)6-15-9-2-3-9/h1,4-5,9-10,15-16H,2-3,6-7H2. The normalized spacial score (nSPS) is 17.4. The molecule has 0 spiro atoms. The Hall–Kier alpha value is -1.05. The van der Waals surface area contributed by atoms with Crippen LogP contribution in [0.2, 0.25) is 0 Å². The van der Waals surface area contributed by atoms with E-state index in [4.69, 9.17) is 0 Å². The quantitative estimate of drug-likeness (QED) is 0.815. The number of nitrogens with one attached hydrogen (secondary N) is 1. The summed E-state index contributed by atoms with van der Waals surface area (Å²) in [7, 11) is -4.05. The number of hydrogen-bond donors (Lipinski definition) is 2. The molecule has 4 nitrogen and oxygen atoms in total. The number of aliphatic hydroxyl groups is 1. The maximum atomic E-state index is 13.4. The molecule has 2 N–H and O–H groups in total. The van der Waals surface area contributed by atoms with Gasteiger partial charge in [-0.05, 0) is 31.0 Å². The highest BCUT2D eigenvalue weighted by atomic mass is 32.2. The zero-order chi connectivity index (χ0) is 14.0. The summed E-state index contributed by atoms with van der Waals surface area (Å²) in [6, 6.07) is 2.57. The summed E-state index contributed by atoms with van der Waals surface area (Å²) in [5, 5.41) is 12.6. The first kappa shape index (κ1) is 14.4. The van der Waals surface area contributed by atoms with Gasteiger partial charge in [-0.25, -0.2) is 17.2 Å². The second-order valence-corrected chi connectivity index (χ2v) is 6.70. The minimum atomic E-state index is -4.05. The summed E-state index contributed by atoms with van der Waals surface area (Å²) in [5.41, 5.74) is 0. The minimum Gasteiger partial charge on any atom is -0.391 e. The second kappa shape index (κ2) is 5.52. The van der Waals surface area contributed by atoms with Gasteiger partial charge < -0.3 is 10.4 Å². The molecule has 1 aromatic carbocycles. The number of rotatable bonds is 6. The number of benzene rings is 1. The Morgan fingerprint density at radius 1 is 1.37 bits per heavy atom. The molecule has 0 aromatic heterocycles. The molecule has 0 heterocycles. The molecule has 0 radical (unpaired) electrons. The van der Waals surface area contributed by atoms with E-state index in [0.29, 0.717) is 12.1 Å². The van der Waals surface area contributed by atoms with Gasteiger partial charge in [0.2, 0.25) is 0 Å². The van der Waals surface area contributed by atoms with Crippen molar-refractivity contribution in [3.05, 3.63) is 29.8 Å². The smallest absolute Gasteiger partial charge is 0.183 e. The first-order valence-electron chi connectivity index (χ1n) is 5.98. The molecule has 7 heteroatoms. The lowest BCUT2D eigenvalue weighted by molar-refractivity contribution is 0.193. The van der Waals surface area contributed by atoms with Crippen LogP contribution in [-0.4, -0.2) is 38.0 Å². The molecule has 1 unspecified atom stereocenters. The van der Waals surface area contributed by atoms with E-state index in [9.17, 15) is 22.3 Å². The van der Waals surface area contributed by atoms with Gasteiger partial charge in [-0.2, -0.15) is 0 Å². The van der Waals surface area contributed by atoms with E-state index in [1.54, 1.807) is 0 Å². The van der Waals surface area contributed by atoms with E-state index in [1.165, 1.54) is 0 Å². The maximum absolute atomic E-state index is 13.4. The third-order valence-electron chi connectivity index (χ3n) is 2.86. The van der Waals surface area contributed by atoms with Crippen LogP contribution in [0.25, 0.3) is 0 Å². The van der Waals surface area contributed by atoms with Crippen molar-refractivity contribution in [2.24, 2.45) is 0 Å². The summed E-state index contributed by atoms with van der Waals surface area (Å²) < 4.78 is 50.1. The number of aliphatic hydroxyl groups excluding tert-OH is 1. The zero-order valence-electron chi connectivity index (χ0n) is 10.1. The van der Waals surface area contributed by atoms with E-state index in [0.717, 1.165) is 25.0 Å². The molecule has 0 bridgehead atoms. The van der Waals surface area contributed by atoms with Crippen molar-refractivity contribution in [2.75, 3.05) is 12.3 Å². The molecule has 0 aliphatic heterocycles. The zero-order valence-corrected chi connectivity index (χ0v) is 11.0. The fourth-order valence-electron chi connectivity index (χ4n) is 1.71. The molecular formula is C12H15F2NO3S. The third kappa shape index (κ3) is 3.95. The van der Waals surface area contributed by atoms with Crippen LogP contribution in [0.3, 0.4) is 0 Å². The topological polar surface area (TPSA) is 66.4 Å². The SMILES string of the molecule is O=S(=O)(CC(O)CNC1CC1)c1cc(F)ccc1F. The summed E-state index contributed by atoms with van der Waals surface area (Å²) in [6.07, 6.45) is 0.879. The van der Waals surface area contributed by atoms with Gasteiger partial charge >= 0.3 is 0 Å². The van der Waals surface area contributed by atoms with Crippen LogP contribution in [0.4, 0.5) is 8.78 Å². The Balaban J connectivity index is 2.05. The highest BCUT2D eigenvalue weighted by Crippen LogP contribution is 2.20. The molecule has 1 aliphatic carbocycles. The Morgan fingerprint density at radius 3 is 2.68 bits per heavy atom. The Labute approximate surface area is 110 Å². The summed E-state index contributed by atoms with van der Waals surface area (Å²) in [5.74, 6) is -2.47. The van der Waals surface area contributed by atoms with E-state index < -0.39 is 38.2 Å². The van der Waals surface area contributed by atoms with Gasteiger partial charge in [0.25, 0.3) is 0 Å². The van der Waals surface area contributed by atoms with E-state index >= 15 is 0 Å². The molecule has 19 heavy (non-hydrogen) atoms. The fraction of sp³-hybridized carbons (Fsp3) is 0.500. The maximum Gasteiger partial charge on any atom is 0.183 e. The molecule has 0 saturated heterocycles. The summed E-state index contributed by atoms with van der Waals surface area (Å²) >= 11 is 0. The van der Waals surface area contributed by atoms with E-state index in [-0.39, 0.29) is 6.54 Å². The van der Waals surface area contributed by atoms with Crippen LogP contribution in [-0.2, 0) is 9.84 Å². The highest BCUT2D eigenvalue weighted by molar-refractivity contribution is 7.91. The molecular weight excluding hydrogens is 276 g/mol. The molecule has 1 fully saturated rings. The number of halogens is 2. The summed E-state index contributed by atoms with van der Waals surface area (Å²) in [6.45, 7) is 0.126. The largest absolute Gasteiger partial charge is 0.391 e. The number of hydrogen-bond acceptors (Lipinski definition) is 4. The number of sulfone groups is 1. The predicted molar refractivity (Wildman–Crippen MR) is 65.4 cm³/mol. The summed E-state index contributed by atoms with van der Waals surface area (Å²) in [4.78, 5) is -0.710. The first-order valence-corrected chi connectivity index (χ1v) is 7.63. The first-order chi connectivity index (χ1) is 8.88.